The molecule has 27 heavy (non-hydrogen) atoms. The van der Waals surface area contributed by atoms with E-state index in [9.17, 15) is 9.90 Å². The second kappa shape index (κ2) is 7.12. The van der Waals surface area contributed by atoms with E-state index in [-0.39, 0.29) is 11.8 Å². The van der Waals surface area contributed by atoms with Crippen LogP contribution in [0.25, 0.3) is 10.9 Å². The number of likely N-dealkylation sites (tertiary alicyclic amines) is 1. The predicted octanol–water partition coefficient (Wildman–Crippen LogP) is 2.77. The number of rotatable bonds is 4. The van der Waals surface area contributed by atoms with Crippen molar-refractivity contribution in [3.05, 3.63) is 59.1 Å². The van der Waals surface area contributed by atoms with Gasteiger partial charge in [0, 0.05) is 30.1 Å². The summed E-state index contributed by atoms with van der Waals surface area (Å²) in [4.78, 5) is 19.3. The average molecular weight is 365 g/mol. The number of carbonyl (C=O) groups excluding carboxylic acids is 1. The van der Waals surface area contributed by atoms with Crippen molar-refractivity contribution in [3.8, 4) is 0 Å². The SMILES string of the molecule is CCc1noc(C)c1C(=O)N1C[C@@H](Cc2ccc3ccccc3n2)[C@H](O)C1. The molecule has 1 aliphatic rings. The number of hydrogen-bond acceptors (Lipinski definition) is 5. The number of nitrogens with zero attached hydrogens (tertiary/aromatic N) is 3. The van der Waals surface area contributed by atoms with Crippen molar-refractivity contribution in [2.45, 2.75) is 32.8 Å². The Hall–Kier alpha value is -2.73. The van der Waals surface area contributed by atoms with Crippen LogP contribution in [-0.4, -0.2) is 45.2 Å². The summed E-state index contributed by atoms with van der Waals surface area (Å²) in [5.41, 5.74) is 3.09. The van der Waals surface area contributed by atoms with Crippen molar-refractivity contribution in [1.29, 1.82) is 0 Å². The zero-order valence-electron chi connectivity index (χ0n) is 15.6. The molecular formula is C21H23N3O3. The Bertz CT molecular complexity index is 982. The van der Waals surface area contributed by atoms with Gasteiger partial charge in [-0.1, -0.05) is 36.3 Å². The number of aryl methyl sites for hydroxylation is 2. The molecule has 6 nitrogen and oxygen atoms in total. The first-order chi connectivity index (χ1) is 13.1. The first-order valence-electron chi connectivity index (χ1n) is 9.34. The summed E-state index contributed by atoms with van der Waals surface area (Å²) >= 11 is 0. The number of fused-ring (bicyclic) bond motifs is 1. The second-order valence-corrected chi connectivity index (χ2v) is 7.15. The van der Waals surface area contributed by atoms with Gasteiger partial charge in [-0.25, -0.2) is 0 Å². The summed E-state index contributed by atoms with van der Waals surface area (Å²) < 4.78 is 5.19. The van der Waals surface area contributed by atoms with Gasteiger partial charge in [-0.05, 0) is 31.9 Å². The minimum atomic E-state index is -0.563. The molecule has 1 aliphatic heterocycles. The van der Waals surface area contributed by atoms with Crippen LogP contribution in [0.5, 0.6) is 0 Å². The summed E-state index contributed by atoms with van der Waals surface area (Å²) in [7, 11) is 0. The topological polar surface area (TPSA) is 79.5 Å². The van der Waals surface area contributed by atoms with Crippen LogP contribution in [-0.2, 0) is 12.8 Å². The fourth-order valence-electron chi connectivity index (χ4n) is 3.80. The van der Waals surface area contributed by atoms with Crippen molar-refractivity contribution in [3.63, 3.8) is 0 Å². The molecule has 1 amide bonds. The van der Waals surface area contributed by atoms with E-state index in [4.69, 9.17) is 9.51 Å². The summed E-state index contributed by atoms with van der Waals surface area (Å²) in [6.45, 7) is 4.52. The summed E-state index contributed by atoms with van der Waals surface area (Å²) in [5, 5.41) is 15.6. The lowest BCUT2D eigenvalue weighted by atomic mass is 9.99. The summed E-state index contributed by atoms with van der Waals surface area (Å²) in [6, 6.07) is 12.0. The third-order valence-corrected chi connectivity index (χ3v) is 5.30. The number of benzene rings is 1. The maximum absolute atomic E-state index is 12.9. The molecule has 4 rings (SSSR count). The highest BCUT2D eigenvalue weighted by atomic mass is 16.5. The first-order valence-corrected chi connectivity index (χ1v) is 9.34. The fraction of sp³-hybridized carbons (Fsp3) is 0.381. The van der Waals surface area contributed by atoms with Crippen LogP contribution in [0.15, 0.2) is 40.9 Å². The lowest BCUT2D eigenvalue weighted by Gasteiger charge is -2.16. The average Bonchev–Trinajstić information content (AvgIpc) is 3.23. The fourth-order valence-corrected chi connectivity index (χ4v) is 3.80. The van der Waals surface area contributed by atoms with Gasteiger partial charge in [0.15, 0.2) is 0 Å². The number of hydrogen-bond donors (Lipinski definition) is 1. The molecule has 1 N–H and O–H groups in total. The van der Waals surface area contributed by atoms with E-state index in [1.54, 1.807) is 11.8 Å². The maximum Gasteiger partial charge on any atom is 0.259 e. The highest BCUT2D eigenvalue weighted by Gasteiger charge is 2.36. The number of pyridine rings is 1. The standard InChI is InChI=1S/C21H23N3O3/c1-3-17-20(13(2)27-23-17)21(26)24-11-15(19(25)12-24)10-16-9-8-14-6-4-5-7-18(14)22-16/h4-9,15,19,25H,3,10-12H2,1-2H3/t15-,19-/m1/s1. The van der Waals surface area contributed by atoms with Gasteiger partial charge in [-0.2, -0.15) is 0 Å². The lowest BCUT2D eigenvalue weighted by Crippen LogP contribution is -2.30. The summed E-state index contributed by atoms with van der Waals surface area (Å²) in [5.74, 6) is 0.387. The molecule has 140 valence electrons. The van der Waals surface area contributed by atoms with Gasteiger partial charge in [0.1, 0.15) is 11.3 Å². The Morgan fingerprint density at radius 3 is 2.89 bits per heavy atom. The van der Waals surface area contributed by atoms with E-state index in [2.05, 4.69) is 11.2 Å². The smallest absolute Gasteiger partial charge is 0.259 e. The molecular weight excluding hydrogens is 342 g/mol. The molecule has 0 radical (unpaired) electrons. The zero-order chi connectivity index (χ0) is 19.0. The van der Waals surface area contributed by atoms with Gasteiger partial charge < -0.3 is 14.5 Å². The molecule has 0 bridgehead atoms. The van der Waals surface area contributed by atoms with Crippen LogP contribution >= 0.6 is 0 Å². The Balaban J connectivity index is 1.50. The van der Waals surface area contributed by atoms with Crippen molar-refractivity contribution >= 4 is 16.8 Å². The van der Waals surface area contributed by atoms with Gasteiger partial charge in [0.2, 0.25) is 0 Å². The van der Waals surface area contributed by atoms with E-state index in [0.717, 1.165) is 16.6 Å². The molecule has 1 saturated heterocycles. The van der Waals surface area contributed by atoms with Gasteiger partial charge in [-0.15, -0.1) is 0 Å². The van der Waals surface area contributed by atoms with Crippen LogP contribution in [0.4, 0.5) is 0 Å². The molecule has 0 unspecified atom stereocenters. The molecule has 6 heteroatoms. The Kier molecular flexibility index (Phi) is 4.66. The van der Waals surface area contributed by atoms with Crippen LogP contribution in [0, 0.1) is 12.8 Å². The molecule has 0 saturated carbocycles. The monoisotopic (exact) mass is 365 g/mol. The quantitative estimate of drug-likeness (QED) is 0.769. The summed E-state index contributed by atoms with van der Waals surface area (Å²) in [6.07, 6.45) is 0.714. The van der Waals surface area contributed by atoms with Crippen molar-refractivity contribution in [2.75, 3.05) is 13.1 Å². The van der Waals surface area contributed by atoms with Gasteiger partial charge >= 0.3 is 0 Å². The third kappa shape index (κ3) is 3.32. The molecule has 2 atom stereocenters. The minimum absolute atomic E-state index is 0.0344. The van der Waals surface area contributed by atoms with Crippen molar-refractivity contribution in [1.82, 2.24) is 15.0 Å². The highest BCUT2D eigenvalue weighted by molar-refractivity contribution is 5.96. The largest absolute Gasteiger partial charge is 0.391 e. The lowest BCUT2D eigenvalue weighted by molar-refractivity contribution is 0.0762. The molecule has 1 fully saturated rings. The molecule has 0 aliphatic carbocycles. The highest BCUT2D eigenvalue weighted by Crippen LogP contribution is 2.25. The van der Waals surface area contributed by atoms with Gasteiger partial charge in [-0.3, -0.25) is 9.78 Å². The Morgan fingerprint density at radius 1 is 1.26 bits per heavy atom. The van der Waals surface area contributed by atoms with Crippen LogP contribution in [0.1, 0.15) is 34.4 Å². The Labute approximate surface area is 157 Å². The number of β-amino-alcohol motifs (C(OH)–C–C–N with tert-alkyl or cyclic N) is 1. The molecule has 3 heterocycles. The zero-order valence-corrected chi connectivity index (χ0v) is 15.6. The van der Waals surface area contributed by atoms with E-state index in [0.29, 0.717) is 42.9 Å². The number of carbonyl (C=O) groups is 1. The molecule has 3 aromatic rings. The van der Waals surface area contributed by atoms with E-state index >= 15 is 0 Å². The predicted molar refractivity (Wildman–Crippen MR) is 101 cm³/mol. The first kappa shape index (κ1) is 17.7. The molecule has 1 aromatic carbocycles. The number of aliphatic hydroxyl groups excluding tert-OH is 1. The van der Waals surface area contributed by atoms with Crippen LogP contribution in [0.3, 0.4) is 0 Å². The van der Waals surface area contributed by atoms with Gasteiger partial charge in [0.05, 0.1) is 17.3 Å². The third-order valence-electron chi connectivity index (χ3n) is 5.30. The van der Waals surface area contributed by atoms with E-state index in [1.807, 2.05) is 37.3 Å². The van der Waals surface area contributed by atoms with Crippen molar-refractivity contribution in [2.24, 2.45) is 5.92 Å². The molecule has 2 aromatic heterocycles. The maximum atomic E-state index is 12.9. The van der Waals surface area contributed by atoms with E-state index < -0.39 is 6.10 Å². The van der Waals surface area contributed by atoms with E-state index in [1.165, 1.54) is 0 Å². The minimum Gasteiger partial charge on any atom is -0.391 e. The molecule has 0 spiro atoms. The number of para-hydroxylation sites is 1. The number of aliphatic hydroxyl groups is 1. The number of aromatic nitrogens is 2. The van der Waals surface area contributed by atoms with Crippen LogP contribution < -0.4 is 0 Å². The van der Waals surface area contributed by atoms with Gasteiger partial charge in [0.25, 0.3) is 5.91 Å². The van der Waals surface area contributed by atoms with Crippen molar-refractivity contribution < 1.29 is 14.4 Å². The van der Waals surface area contributed by atoms with Crippen LogP contribution in [0.2, 0.25) is 0 Å². The Morgan fingerprint density at radius 2 is 2.07 bits per heavy atom. The number of amides is 1. The second-order valence-electron chi connectivity index (χ2n) is 7.15. The normalized spacial score (nSPS) is 19.7.